The molecule has 28 heavy (non-hydrogen) atoms. The lowest BCUT2D eigenvalue weighted by atomic mass is 9.81. The standard InChI is InChI=1S/C23H28N4O/c1-4-24-22(28)18-11-19-21(25-14(2)27(19)3)20-17(18)9-10-23(26-20)12-15-7-5-6-8-16(15)13-23/h5-8,11,14,25-26H,4,9-10,12-13H2,1-3H3,(H,24,28). The van der Waals surface area contributed by atoms with Gasteiger partial charge < -0.3 is 20.9 Å². The van der Waals surface area contributed by atoms with Gasteiger partial charge in [0, 0.05) is 24.7 Å². The Morgan fingerprint density at radius 3 is 2.64 bits per heavy atom. The second-order valence-corrected chi connectivity index (χ2v) is 8.49. The minimum Gasteiger partial charge on any atom is -0.377 e. The predicted octanol–water partition coefficient (Wildman–Crippen LogP) is 3.54. The summed E-state index contributed by atoms with van der Waals surface area (Å²) in [6.45, 7) is 4.76. The van der Waals surface area contributed by atoms with Crippen molar-refractivity contribution in [3.8, 4) is 0 Å². The number of hydrogen-bond acceptors (Lipinski definition) is 4. The minimum atomic E-state index is 0.0296. The molecule has 0 fully saturated rings. The first kappa shape index (κ1) is 17.4. The Morgan fingerprint density at radius 1 is 1.25 bits per heavy atom. The van der Waals surface area contributed by atoms with Crippen molar-refractivity contribution in [1.29, 1.82) is 0 Å². The van der Waals surface area contributed by atoms with Crippen molar-refractivity contribution in [3.05, 3.63) is 52.6 Å². The fraction of sp³-hybridized carbons (Fsp3) is 0.435. The van der Waals surface area contributed by atoms with Crippen LogP contribution in [0, 0.1) is 0 Å². The number of anilines is 3. The lowest BCUT2D eigenvalue weighted by Gasteiger charge is -2.38. The molecule has 2 aromatic rings. The van der Waals surface area contributed by atoms with Gasteiger partial charge in [-0.15, -0.1) is 0 Å². The molecule has 1 amide bonds. The lowest BCUT2D eigenvalue weighted by Crippen LogP contribution is -2.43. The molecule has 1 atom stereocenters. The van der Waals surface area contributed by atoms with E-state index in [4.69, 9.17) is 0 Å². The number of carbonyl (C=O) groups excluding carboxylic acids is 1. The van der Waals surface area contributed by atoms with Crippen molar-refractivity contribution in [2.45, 2.75) is 51.2 Å². The van der Waals surface area contributed by atoms with E-state index in [9.17, 15) is 4.79 Å². The first-order valence-electron chi connectivity index (χ1n) is 10.3. The quantitative estimate of drug-likeness (QED) is 0.750. The summed E-state index contributed by atoms with van der Waals surface area (Å²) in [7, 11) is 2.08. The Morgan fingerprint density at radius 2 is 1.96 bits per heavy atom. The highest BCUT2D eigenvalue weighted by Crippen LogP contribution is 2.49. The van der Waals surface area contributed by atoms with Gasteiger partial charge in [0.25, 0.3) is 5.91 Å². The molecule has 1 spiro atoms. The first-order valence-corrected chi connectivity index (χ1v) is 10.3. The average molecular weight is 377 g/mol. The number of amides is 1. The summed E-state index contributed by atoms with van der Waals surface area (Å²) in [5, 5.41) is 10.6. The van der Waals surface area contributed by atoms with Crippen LogP contribution < -0.4 is 20.9 Å². The molecule has 0 saturated heterocycles. The summed E-state index contributed by atoms with van der Waals surface area (Å²) in [4.78, 5) is 15.0. The van der Waals surface area contributed by atoms with Crippen LogP contribution in [0.2, 0.25) is 0 Å². The zero-order valence-corrected chi connectivity index (χ0v) is 16.9. The lowest BCUT2D eigenvalue weighted by molar-refractivity contribution is 0.0954. The van der Waals surface area contributed by atoms with E-state index in [0.29, 0.717) is 6.54 Å². The summed E-state index contributed by atoms with van der Waals surface area (Å²) in [6, 6.07) is 10.9. The molecule has 1 unspecified atom stereocenters. The maximum atomic E-state index is 12.8. The van der Waals surface area contributed by atoms with Crippen molar-refractivity contribution < 1.29 is 4.79 Å². The van der Waals surface area contributed by atoms with Crippen molar-refractivity contribution in [2.75, 3.05) is 29.1 Å². The second kappa shape index (κ2) is 6.16. The van der Waals surface area contributed by atoms with E-state index in [1.807, 2.05) is 6.92 Å². The zero-order chi connectivity index (χ0) is 19.5. The van der Waals surface area contributed by atoms with Crippen LogP contribution in [-0.4, -0.2) is 31.2 Å². The van der Waals surface area contributed by atoms with Gasteiger partial charge in [-0.2, -0.15) is 0 Å². The largest absolute Gasteiger partial charge is 0.377 e. The molecule has 0 aromatic heterocycles. The van der Waals surface area contributed by atoms with Gasteiger partial charge in [-0.3, -0.25) is 4.79 Å². The Labute approximate surface area is 166 Å². The number of hydrogen-bond donors (Lipinski definition) is 3. The van der Waals surface area contributed by atoms with Crippen molar-refractivity contribution in [1.82, 2.24) is 5.32 Å². The van der Waals surface area contributed by atoms with Crippen LogP contribution in [0.25, 0.3) is 0 Å². The number of nitrogens with zero attached hydrogens (tertiary/aromatic N) is 1. The molecule has 0 radical (unpaired) electrons. The number of nitrogens with one attached hydrogen (secondary N) is 3. The van der Waals surface area contributed by atoms with Crippen molar-refractivity contribution in [3.63, 3.8) is 0 Å². The van der Waals surface area contributed by atoms with Crippen LogP contribution in [0.15, 0.2) is 30.3 Å². The maximum absolute atomic E-state index is 12.8. The highest BCUT2D eigenvalue weighted by Gasteiger charge is 2.42. The predicted molar refractivity (Wildman–Crippen MR) is 114 cm³/mol. The van der Waals surface area contributed by atoms with Crippen LogP contribution in [0.4, 0.5) is 17.1 Å². The van der Waals surface area contributed by atoms with Gasteiger partial charge in [0.2, 0.25) is 0 Å². The van der Waals surface area contributed by atoms with E-state index in [1.54, 1.807) is 0 Å². The van der Waals surface area contributed by atoms with Gasteiger partial charge >= 0.3 is 0 Å². The highest BCUT2D eigenvalue weighted by molar-refractivity contribution is 6.03. The van der Waals surface area contributed by atoms with Crippen molar-refractivity contribution >= 4 is 23.0 Å². The molecule has 2 heterocycles. The molecule has 3 N–H and O–H groups in total. The Hall–Kier alpha value is -2.69. The third-order valence-corrected chi connectivity index (χ3v) is 6.73. The molecular formula is C23H28N4O. The summed E-state index contributed by atoms with van der Waals surface area (Å²) in [5.74, 6) is 0.0296. The van der Waals surface area contributed by atoms with Gasteiger partial charge in [-0.25, -0.2) is 0 Å². The fourth-order valence-electron chi connectivity index (χ4n) is 5.16. The topological polar surface area (TPSA) is 56.4 Å². The molecule has 5 rings (SSSR count). The van der Waals surface area contributed by atoms with Gasteiger partial charge in [-0.05, 0) is 62.3 Å². The Kier molecular flexibility index (Phi) is 3.83. The molecule has 2 aliphatic heterocycles. The number of benzene rings is 2. The SMILES string of the molecule is CCNC(=O)c1cc2c(c3c1CCC1(Cc4ccccc4C1)N3)NC(C)N2C. The fourth-order valence-corrected chi connectivity index (χ4v) is 5.16. The average Bonchev–Trinajstić information content (AvgIpc) is 3.18. The minimum absolute atomic E-state index is 0.0296. The summed E-state index contributed by atoms with van der Waals surface area (Å²) in [5.41, 5.74) is 8.31. The van der Waals surface area contributed by atoms with Gasteiger partial charge in [-0.1, -0.05) is 24.3 Å². The molecule has 0 saturated carbocycles. The molecule has 3 aliphatic rings. The van der Waals surface area contributed by atoms with Gasteiger partial charge in [0.15, 0.2) is 0 Å². The molecule has 5 heteroatoms. The van der Waals surface area contributed by atoms with E-state index in [-0.39, 0.29) is 17.6 Å². The molecule has 0 bridgehead atoms. The second-order valence-electron chi connectivity index (χ2n) is 8.49. The number of carbonyl (C=O) groups is 1. The third-order valence-electron chi connectivity index (χ3n) is 6.73. The first-order chi connectivity index (χ1) is 13.5. The van der Waals surface area contributed by atoms with E-state index < -0.39 is 0 Å². The molecule has 146 valence electrons. The van der Waals surface area contributed by atoms with Crippen LogP contribution in [0.3, 0.4) is 0 Å². The van der Waals surface area contributed by atoms with E-state index in [0.717, 1.165) is 53.9 Å². The maximum Gasteiger partial charge on any atom is 0.251 e. The third kappa shape index (κ3) is 2.49. The molecule has 5 nitrogen and oxygen atoms in total. The molecular weight excluding hydrogens is 348 g/mol. The smallest absolute Gasteiger partial charge is 0.251 e. The summed E-state index contributed by atoms with van der Waals surface area (Å²) in [6.07, 6.45) is 4.28. The van der Waals surface area contributed by atoms with Crippen LogP contribution >= 0.6 is 0 Å². The van der Waals surface area contributed by atoms with Crippen molar-refractivity contribution in [2.24, 2.45) is 0 Å². The molecule has 1 aliphatic carbocycles. The normalized spacial score (nSPS) is 20.8. The van der Waals surface area contributed by atoms with E-state index >= 15 is 0 Å². The van der Waals surface area contributed by atoms with E-state index in [2.05, 4.69) is 65.2 Å². The number of rotatable bonds is 2. The van der Waals surface area contributed by atoms with Gasteiger partial charge in [0.1, 0.15) is 0 Å². The Bertz CT molecular complexity index is 942. The van der Waals surface area contributed by atoms with Crippen LogP contribution in [0.1, 0.15) is 47.3 Å². The monoisotopic (exact) mass is 376 g/mol. The summed E-state index contributed by atoms with van der Waals surface area (Å²) >= 11 is 0. The van der Waals surface area contributed by atoms with Gasteiger partial charge in [0.05, 0.1) is 23.2 Å². The van der Waals surface area contributed by atoms with Crippen LogP contribution in [-0.2, 0) is 19.3 Å². The van der Waals surface area contributed by atoms with Crippen LogP contribution in [0.5, 0.6) is 0 Å². The highest BCUT2D eigenvalue weighted by atomic mass is 16.1. The number of fused-ring (bicyclic) bond motifs is 4. The summed E-state index contributed by atoms with van der Waals surface area (Å²) < 4.78 is 0. The molecule has 2 aromatic carbocycles. The Balaban J connectivity index is 1.60. The van der Waals surface area contributed by atoms with E-state index in [1.165, 1.54) is 11.1 Å². The zero-order valence-electron chi connectivity index (χ0n) is 16.9.